The van der Waals surface area contributed by atoms with E-state index in [1.807, 2.05) is 4.72 Å². The molecule has 1 aromatic carbocycles. The second-order valence-electron chi connectivity index (χ2n) is 4.24. The van der Waals surface area contributed by atoms with Gasteiger partial charge in [-0.25, -0.2) is 13.2 Å². The summed E-state index contributed by atoms with van der Waals surface area (Å²) in [5.74, 6) is -1.90. The van der Waals surface area contributed by atoms with Gasteiger partial charge in [-0.15, -0.1) is 0 Å². The number of fused-ring (bicyclic) bond motifs is 1. The molecule has 0 saturated carbocycles. The van der Waals surface area contributed by atoms with Gasteiger partial charge in [0.05, 0.1) is 10.4 Å². The van der Waals surface area contributed by atoms with Gasteiger partial charge in [0.1, 0.15) is 6.04 Å². The van der Waals surface area contributed by atoms with Gasteiger partial charge in [0.15, 0.2) is 5.58 Å². The van der Waals surface area contributed by atoms with Crippen LogP contribution in [0.2, 0.25) is 0 Å². The van der Waals surface area contributed by atoms with E-state index >= 15 is 0 Å². The Hall–Kier alpha value is -2.13. The van der Waals surface area contributed by atoms with Crippen LogP contribution < -0.4 is 10.5 Å². The minimum atomic E-state index is -4.00. The smallest absolute Gasteiger partial charge is 0.419 e. The number of aromatic nitrogens is 1. The molecule has 0 spiro atoms. The molecule has 0 fully saturated rings. The molecule has 0 aliphatic carbocycles. The summed E-state index contributed by atoms with van der Waals surface area (Å²) in [6.45, 7) is 1.21. The fourth-order valence-corrected chi connectivity index (χ4v) is 2.84. The molecule has 1 aromatic heterocycles. The lowest BCUT2D eigenvalue weighted by atomic mass is 10.3. The molecule has 2 aromatic rings. The van der Waals surface area contributed by atoms with E-state index in [2.05, 4.69) is 0 Å². The number of benzene rings is 1. The van der Waals surface area contributed by atoms with Gasteiger partial charge >= 0.3 is 11.7 Å². The Kier molecular flexibility index (Phi) is 3.40. The van der Waals surface area contributed by atoms with Crippen molar-refractivity contribution in [2.24, 2.45) is 7.05 Å². The largest absolute Gasteiger partial charge is 0.480 e. The van der Waals surface area contributed by atoms with Crippen LogP contribution in [-0.4, -0.2) is 30.1 Å². The van der Waals surface area contributed by atoms with Crippen molar-refractivity contribution in [2.75, 3.05) is 0 Å². The highest BCUT2D eigenvalue weighted by atomic mass is 32.2. The fourth-order valence-electron chi connectivity index (χ4n) is 1.63. The van der Waals surface area contributed by atoms with E-state index in [0.717, 1.165) is 0 Å². The summed E-state index contributed by atoms with van der Waals surface area (Å²) < 4.78 is 32.1. The van der Waals surface area contributed by atoms with E-state index in [0.29, 0.717) is 5.52 Å². The number of hydrogen-bond acceptors (Lipinski definition) is 5. The number of carboxylic acids is 1. The number of carbonyl (C=O) groups is 1. The third-order valence-electron chi connectivity index (χ3n) is 2.78. The molecule has 1 heterocycles. The zero-order chi connectivity index (χ0) is 15.1. The van der Waals surface area contributed by atoms with Crippen LogP contribution in [0.25, 0.3) is 11.1 Å². The summed E-state index contributed by atoms with van der Waals surface area (Å²) in [6, 6.07) is 2.60. The van der Waals surface area contributed by atoms with Crippen molar-refractivity contribution in [3.8, 4) is 0 Å². The monoisotopic (exact) mass is 300 g/mol. The first kappa shape index (κ1) is 14.3. The van der Waals surface area contributed by atoms with Gasteiger partial charge in [-0.05, 0) is 19.1 Å². The third kappa shape index (κ3) is 2.45. The predicted octanol–water partition coefficient (Wildman–Crippen LogP) is -0.117. The average molecular weight is 300 g/mol. The lowest BCUT2D eigenvalue weighted by Crippen LogP contribution is -2.38. The fraction of sp³-hybridized carbons (Fsp3) is 0.273. The predicted molar refractivity (Wildman–Crippen MR) is 68.9 cm³/mol. The number of carboxylic acid groups (broad SMARTS) is 1. The Balaban J connectivity index is 2.47. The van der Waals surface area contributed by atoms with Gasteiger partial charge in [0, 0.05) is 13.1 Å². The molecule has 0 unspecified atom stereocenters. The van der Waals surface area contributed by atoms with Crippen molar-refractivity contribution in [1.82, 2.24) is 9.29 Å². The van der Waals surface area contributed by atoms with Gasteiger partial charge in [-0.1, -0.05) is 0 Å². The first-order valence-electron chi connectivity index (χ1n) is 5.57. The zero-order valence-corrected chi connectivity index (χ0v) is 11.5. The van der Waals surface area contributed by atoms with Gasteiger partial charge in [0.2, 0.25) is 10.0 Å². The van der Waals surface area contributed by atoms with Crippen LogP contribution in [0.5, 0.6) is 0 Å². The van der Waals surface area contributed by atoms with Crippen molar-refractivity contribution < 1.29 is 22.7 Å². The maximum atomic E-state index is 12.0. The van der Waals surface area contributed by atoms with Crippen LogP contribution in [-0.2, 0) is 21.9 Å². The van der Waals surface area contributed by atoms with Crippen LogP contribution in [0, 0.1) is 0 Å². The Morgan fingerprint density at radius 1 is 1.45 bits per heavy atom. The normalized spacial score (nSPS) is 13.5. The summed E-state index contributed by atoms with van der Waals surface area (Å²) in [4.78, 5) is 21.8. The maximum Gasteiger partial charge on any atom is 0.419 e. The van der Waals surface area contributed by atoms with Gasteiger partial charge in [-0.3, -0.25) is 9.36 Å². The standard InChI is InChI=1S/C11H12N2O6S/c1-6(10(14)15)12-20(17,18)7-3-4-8-9(5-7)19-11(16)13(8)2/h3-6,12H,1-2H3,(H,14,15)/t6-/m0/s1. The summed E-state index contributed by atoms with van der Waals surface area (Å²) in [5.41, 5.74) is 0.559. The van der Waals surface area contributed by atoms with Crippen LogP contribution in [0.3, 0.4) is 0 Å². The van der Waals surface area contributed by atoms with Gasteiger partial charge in [0.25, 0.3) is 0 Å². The molecular formula is C11H12N2O6S. The second kappa shape index (κ2) is 4.76. The first-order chi connectivity index (χ1) is 9.22. The Labute approximate surface area is 113 Å². The number of rotatable bonds is 4. The van der Waals surface area contributed by atoms with Crippen molar-refractivity contribution in [3.05, 3.63) is 28.7 Å². The van der Waals surface area contributed by atoms with Crippen LogP contribution in [0.15, 0.2) is 32.3 Å². The second-order valence-corrected chi connectivity index (χ2v) is 5.95. The topological polar surface area (TPSA) is 119 Å². The lowest BCUT2D eigenvalue weighted by molar-refractivity contribution is -0.138. The van der Waals surface area contributed by atoms with Gasteiger partial charge < -0.3 is 9.52 Å². The molecule has 0 aliphatic heterocycles. The molecule has 2 rings (SSSR count). The molecule has 0 aliphatic rings. The van der Waals surface area contributed by atoms with E-state index in [9.17, 15) is 18.0 Å². The maximum absolute atomic E-state index is 12.0. The summed E-state index contributed by atoms with van der Waals surface area (Å²) in [7, 11) is -2.51. The van der Waals surface area contributed by atoms with Crippen molar-refractivity contribution >= 4 is 27.1 Å². The first-order valence-corrected chi connectivity index (χ1v) is 7.05. The average Bonchev–Trinajstić information content (AvgIpc) is 2.64. The summed E-state index contributed by atoms with van der Waals surface area (Å²) >= 11 is 0. The molecule has 2 N–H and O–H groups in total. The highest BCUT2D eigenvalue weighted by molar-refractivity contribution is 7.89. The van der Waals surface area contributed by atoms with E-state index in [1.54, 1.807) is 0 Å². The molecule has 0 bridgehead atoms. The quantitative estimate of drug-likeness (QED) is 0.812. The number of aryl methyl sites for hydroxylation is 1. The molecular weight excluding hydrogens is 288 g/mol. The third-order valence-corrected chi connectivity index (χ3v) is 4.31. The van der Waals surface area contributed by atoms with E-state index in [-0.39, 0.29) is 10.5 Å². The molecule has 108 valence electrons. The van der Waals surface area contributed by atoms with Gasteiger partial charge in [-0.2, -0.15) is 4.72 Å². The van der Waals surface area contributed by atoms with Crippen molar-refractivity contribution in [2.45, 2.75) is 17.9 Å². The van der Waals surface area contributed by atoms with Crippen molar-refractivity contribution in [3.63, 3.8) is 0 Å². The lowest BCUT2D eigenvalue weighted by Gasteiger charge is -2.09. The summed E-state index contributed by atoms with van der Waals surface area (Å²) in [6.07, 6.45) is 0. The van der Waals surface area contributed by atoms with Crippen molar-refractivity contribution in [1.29, 1.82) is 0 Å². The molecule has 0 radical (unpaired) electrons. The van der Waals surface area contributed by atoms with Crippen LogP contribution in [0.1, 0.15) is 6.92 Å². The number of nitrogens with zero attached hydrogens (tertiary/aromatic N) is 1. The van der Waals surface area contributed by atoms with E-state index < -0.39 is 27.8 Å². The minimum absolute atomic E-state index is 0.114. The Morgan fingerprint density at radius 2 is 2.10 bits per heavy atom. The molecule has 9 heteroatoms. The summed E-state index contributed by atoms with van der Waals surface area (Å²) in [5, 5.41) is 8.71. The number of nitrogens with one attached hydrogen (secondary N) is 1. The molecule has 0 amide bonds. The highest BCUT2D eigenvalue weighted by Crippen LogP contribution is 2.18. The number of sulfonamides is 1. The SMILES string of the molecule is C[C@H](NS(=O)(=O)c1ccc2c(c1)oc(=O)n2C)C(=O)O. The zero-order valence-electron chi connectivity index (χ0n) is 10.7. The molecule has 20 heavy (non-hydrogen) atoms. The van der Waals surface area contributed by atoms with E-state index in [4.69, 9.17) is 9.52 Å². The van der Waals surface area contributed by atoms with Crippen LogP contribution >= 0.6 is 0 Å². The van der Waals surface area contributed by atoms with Crippen LogP contribution in [0.4, 0.5) is 0 Å². The molecule has 0 saturated heterocycles. The molecule has 1 atom stereocenters. The highest BCUT2D eigenvalue weighted by Gasteiger charge is 2.22. The Bertz CT molecular complexity index is 832. The number of aliphatic carboxylic acids is 1. The molecule has 8 nitrogen and oxygen atoms in total. The number of hydrogen-bond donors (Lipinski definition) is 2. The Morgan fingerprint density at radius 3 is 2.70 bits per heavy atom. The minimum Gasteiger partial charge on any atom is -0.480 e. The number of oxazole rings is 1. The van der Waals surface area contributed by atoms with E-state index in [1.165, 1.54) is 36.7 Å².